The first-order valence-corrected chi connectivity index (χ1v) is 11.5. The fourth-order valence-electron chi connectivity index (χ4n) is 4.21. The van der Waals surface area contributed by atoms with E-state index in [0.29, 0.717) is 30.7 Å². The van der Waals surface area contributed by atoms with Crippen molar-refractivity contribution in [2.45, 2.75) is 77.0 Å². The molecule has 1 aliphatic rings. The molecule has 0 spiro atoms. The van der Waals surface area contributed by atoms with Crippen LogP contribution in [0.25, 0.3) is 11.1 Å². The first-order chi connectivity index (χ1) is 15.4. The van der Waals surface area contributed by atoms with Crippen LogP contribution in [0.2, 0.25) is 0 Å². The standard InChI is InChI=1S/C26H31F3O3/c1-3-5-6-22(27)26(30)32-20-13-11-18(12-14-20)17-7-9-19(10-8-17)21-15-16-23(31-4-2)25(29)24(21)28/h7-10,15-16,18,20,22H,3-6,11-14H2,1-2H3/t18?,20?,22-/m0/s1. The molecule has 0 bridgehead atoms. The summed E-state index contributed by atoms with van der Waals surface area (Å²) >= 11 is 0. The van der Waals surface area contributed by atoms with E-state index in [1.807, 2.05) is 19.1 Å². The topological polar surface area (TPSA) is 35.5 Å². The van der Waals surface area contributed by atoms with E-state index < -0.39 is 23.8 Å². The van der Waals surface area contributed by atoms with Crippen molar-refractivity contribution >= 4 is 5.97 Å². The number of ether oxygens (including phenoxy) is 2. The summed E-state index contributed by atoms with van der Waals surface area (Å²) in [6.07, 6.45) is 3.01. The first kappa shape index (κ1) is 24.1. The molecular formula is C26H31F3O3. The van der Waals surface area contributed by atoms with Crippen molar-refractivity contribution in [2.24, 2.45) is 0 Å². The molecule has 3 rings (SSSR count). The van der Waals surface area contributed by atoms with E-state index in [9.17, 15) is 18.0 Å². The number of hydrogen-bond donors (Lipinski definition) is 0. The summed E-state index contributed by atoms with van der Waals surface area (Å²) < 4.78 is 53.0. The maximum atomic E-state index is 14.5. The minimum Gasteiger partial charge on any atom is -0.491 e. The third kappa shape index (κ3) is 5.84. The lowest BCUT2D eigenvalue weighted by atomic mass is 9.82. The third-order valence-electron chi connectivity index (χ3n) is 6.06. The molecule has 174 valence electrons. The Labute approximate surface area is 187 Å². The highest BCUT2D eigenvalue weighted by molar-refractivity contribution is 5.74. The van der Waals surface area contributed by atoms with Crippen LogP contribution in [0.15, 0.2) is 36.4 Å². The van der Waals surface area contributed by atoms with E-state index >= 15 is 0 Å². The molecule has 3 nitrogen and oxygen atoms in total. The van der Waals surface area contributed by atoms with E-state index in [1.165, 1.54) is 12.1 Å². The number of esters is 1. The molecule has 0 N–H and O–H groups in total. The molecule has 2 aromatic rings. The molecule has 6 heteroatoms. The normalized spacial score (nSPS) is 19.4. The van der Waals surface area contributed by atoms with Gasteiger partial charge >= 0.3 is 5.97 Å². The second kappa shape index (κ2) is 11.4. The van der Waals surface area contributed by atoms with Gasteiger partial charge in [0, 0.05) is 5.56 Å². The number of rotatable bonds is 9. The van der Waals surface area contributed by atoms with Crippen molar-refractivity contribution in [2.75, 3.05) is 6.61 Å². The maximum Gasteiger partial charge on any atom is 0.340 e. The molecule has 0 aliphatic heterocycles. The van der Waals surface area contributed by atoms with Crippen molar-refractivity contribution in [3.8, 4) is 16.9 Å². The van der Waals surface area contributed by atoms with Crippen molar-refractivity contribution in [1.29, 1.82) is 0 Å². The molecule has 0 unspecified atom stereocenters. The first-order valence-electron chi connectivity index (χ1n) is 11.5. The molecule has 32 heavy (non-hydrogen) atoms. The van der Waals surface area contributed by atoms with Gasteiger partial charge in [-0.2, -0.15) is 4.39 Å². The van der Waals surface area contributed by atoms with Gasteiger partial charge in [0.1, 0.15) is 6.10 Å². The molecule has 0 radical (unpaired) electrons. The largest absolute Gasteiger partial charge is 0.491 e. The zero-order valence-corrected chi connectivity index (χ0v) is 18.7. The van der Waals surface area contributed by atoms with Crippen LogP contribution in [0, 0.1) is 11.6 Å². The lowest BCUT2D eigenvalue weighted by Crippen LogP contribution is -2.28. The summed E-state index contributed by atoms with van der Waals surface area (Å²) in [6.45, 7) is 3.94. The zero-order chi connectivity index (χ0) is 23.1. The number of carbonyl (C=O) groups is 1. The van der Waals surface area contributed by atoms with E-state index in [-0.39, 0.29) is 30.4 Å². The monoisotopic (exact) mass is 448 g/mol. The molecule has 1 atom stereocenters. The van der Waals surface area contributed by atoms with Crippen molar-refractivity contribution in [3.63, 3.8) is 0 Å². The SMILES string of the molecule is CCCC[C@H](F)C(=O)OC1CCC(c2ccc(-c3ccc(OCC)c(F)c3F)cc2)CC1. The van der Waals surface area contributed by atoms with Crippen molar-refractivity contribution < 1.29 is 27.4 Å². The third-order valence-corrected chi connectivity index (χ3v) is 6.06. The number of alkyl halides is 1. The van der Waals surface area contributed by atoms with Gasteiger partial charge in [0.05, 0.1) is 6.61 Å². The van der Waals surface area contributed by atoms with E-state index in [0.717, 1.165) is 24.8 Å². The Morgan fingerprint density at radius 2 is 1.69 bits per heavy atom. The van der Waals surface area contributed by atoms with Crippen LogP contribution in [0.4, 0.5) is 13.2 Å². The number of carbonyl (C=O) groups excluding carboxylic acids is 1. The van der Waals surface area contributed by atoms with Crippen LogP contribution in [0.3, 0.4) is 0 Å². The van der Waals surface area contributed by atoms with Crippen molar-refractivity contribution in [1.82, 2.24) is 0 Å². The Hall–Kier alpha value is -2.50. The fourth-order valence-corrected chi connectivity index (χ4v) is 4.21. The smallest absolute Gasteiger partial charge is 0.340 e. The van der Waals surface area contributed by atoms with Gasteiger partial charge in [-0.15, -0.1) is 0 Å². The van der Waals surface area contributed by atoms with Gasteiger partial charge in [0.25, 0.3) is 0 Å². The Morgan fingerprint density at radius 1 is 1.00 bits per heavy atom. The van der Waals surface area contributed by atoms with Crippen LogP contribution in [-0.4, -0.2) is 24.9 Å². The summed E-state index contributed by atoms with van der Waals surface area (Å²) in [7, 11) is 0. The molecule has 1 saturated carbocycles. The van der Waals surface area contributed by atoms with Crippen LogP contribution in [0.5, 0.6) is 5.75 Å². The highest BCUT2D eigenvalue weighted by atomic mass is 19.2. The number of hydrogen-bond acceptors (Lipinski definition) is 3. The maximum absolute atomic E-state index is 14.5. The van der Waals surface area contributed by atoms with Gasteiger partial charge in [0.15, 0.2) is 17.7 Å². The van der Waals surface area contributed by atoms with Gasteiger partial charge in [0.2, 0.25) is 5.82 Å². The Kier molecular flexibility index (Phi) is 8.60. The summed E-state index contributed by atoms with van der Waals surface area (Å²) in [5.41, 5.74) is 1.89. The minimum atomic E-state index is -1.53. The lowest BCUT2D eigenvalue weighted by molar-refractivity contribution is -0.157. The fraction of sp³-hybridized carbons (Fsp3) is 0.500. The van der Waals surface area contributed by atoms with Gasteiger partial charge in [-0.1, -0.05) is 44.0 Å². The Bertz CT molecular complexity index is 890. The van der Waals surface area contributed by atoms with Gasteiger partial charge in [-0.05, 0) is 68.2 Å². The quantitative estimate of drug-likeness (QED) is 0.383. The summed E-state index contributed by atoms with van der Waals surface area (Å²) in [5, 5.41) is 0. The van der Waals surface area contributed by atoms with Crippen molar-refractivity contribution in [3.05, 3.63) is 53.6 Å². The molecule has 2 aromatic carbocycles. The summed E-state index contributed by atoms with van der Waals surface area (Å²) in [5.74, 6) is -2.44. The number of benzene rings is 2. The van der Waals surface area contributed by atoms with Gasteiger partial charge in [-0.3, -0.25) is 0 Å². The highest BCUT2D eigenvalue weighted by Gasteiger charge is 2.28. The number of halogens is 3. The second-order valence-electron chi connectivity index (χ2n) is 8.31. The predicted molar refractivity (Wildman–Crippen MR) is 118 cm³/mol. The van der Waals surface area contributed by atoms with E-state index in [2.05, 4.69) is 0 Å². The Balaban J connectivity index is 1.58. The molecule has 0 aromatic heterocycles. The Morgan fingerprint density at radius 3 is 2.31 bits per heavy atom. The summed E-state index contributed by atoms with van der Waals surface area (Å²) in [4.78, 5) is 11.9. The van der Waals surface area contributed by atoms with Crippen LogP contribution in [0.1, 0.15) is 70.3 Å². The zero-order valence-electron chi connectivity index (χ0n) is 18.7. The van der Waals surface area contributed by atoms with Crippen LogP contribution < -0.4 is 4.74 Å². The molecule has 1 aliphatic carbocycles. The average molecular weight is 449 g/mol. The molecule has 1 fully saturated rings. The summed E-state index contributed by atoms with van der Waals surface area (Å²) in [6, 6.07) is 10.4. The molecule has 0 amide bonds. The molecule has 0 heterocycles. The second-order valence-corrected chi connectivity index (χ2v) is 8.31. The average Bonchev–Trinajstić information content (AvgIpc) is 2.81. The lowest BCUT2D eigenvalue weighted by Gasteiger charge is -2.29. The number of unbranched alkanes of at least 4 members (excludes halogenated alkanes) is 1. The van der Waals surface area contributed by atoms with Crippen LogP contribution >= 0.6 is 0 Å². The molecule has 0 saturated heterocycles. The highest BCUT2D eigenvalue weighted by Crippen LogP contribution is 2.36. The van der Waals surface area contributed by atoms with E-state index in [4.69, 9.17) is 9.47 Å². The van der Waals surface area contributed by atoms with E-state index in [1.54, 1.807) is 19.1 Å². The van der Waals surface area contributed by atoms with Gasteiger partial charge < -0.3 is 9.47 Å². The van der Waals surface area contributed by atoms with Gasteiger partial charge in [-0.25, -0.2) is 13.6 Å². The predicted octanol–water partition coefficient (Wildman–Crippen LogP) is 7.13. The van der Waals surface area contributed by atoms with Crippen LogP contribution in [-0.2, 0) is 9.53 Å². The minimum absolute atomic E-state index is 0.0905. The molecular weight excluding hydrogens is 417 g/mol.